The molecule has 0 fully saturated rings. The first kappa shape index (κ1) is 13.9. The minimum Gasteiger partial charge on any atom is -0.378 e. The van der Waals surface area contributed by atoms with Crippen LogP contribution in [0.15, 0.2) is 63.7 Å². The predicted octanol–water partition coefficient (Wildman–Crippen LogP) is 5.41. The maximum absolute atomic E-state index is 5.65. The number of halogens is 1. The Balaban J connectivity index is 2.08. The van der Waals surface area contributed by atoms with Gasteiger partial charge in [-0.25, -0.2) is 0 Å². The number of azo groups is 1. The highest BCUT2D eigenvalue weighted by molar-refractivity contribution is 8.21. The van der Waals surface area contributed by atoms with Crippen molar-refractivity contribution >= 4 is 38.7 Å². The van der Waals surface area contributed by atoms with E-state index in [-0.39, 0.29) is 0 Å². The molecule has 0 saturated heterocycles. The summed E-state index contributed by atoms with van der Waals surface area (Å²) in [6.45, 7) is 0. The monoisotopic (exact) mass is 291 g/mol. The molecule has 0 aliphatic carbocycles. The van der Waals surface area contributed by atoms with Gasteiger partial charge in [0.25, 0.3) is 0 Å². The molecule has 0 N–H and O–H groups in total. The van der Waals surface area contributed by atoms with Gasteiger partial charge < -0.3 is 4.90 Å². The fourth-order valence-electron chi connectivity index (χ4n) is 1.50. The first-order valence-electron chi connectivity index (χ1n) is 5.77. The highest BCUT2D eigenvalue weighted by Crippen LogP contribution is 2.25. The zero-order valence-electron chi connectivity index (χ0n) is 10.7. The van der Waals surface area contributed by atoms with Gasteiger partial charge in [0.05, 0.1) is 11.4 Å². The number of hydrogen-bond acceptors (Lipinski definition) is 4. The van der Waals surface area contributed by atoms with Crippen LogP contribution in [0.1, 0.15) is 0 Å². The lowest BCUT2D eigenvalue weighted by Crippen LogP contribution is -2.07. The zero-order chi connectivity index (χ0) is 13.7. The fourth-order valence-corrected chi connectivity index (χ4v) is 2.04. The van der Waals surface area contributed by atoms with Crippen molar-refractivity contribution in [3.63, 3.8) is 0 Å². The van der Waals surface area contributed by atoms with Crippen LogP contribution in [0.3, 0.4) is 0 Å². The van der Waals surface area contributed by atoms with Crippen molar-refractivity contribution in [3.8, 4) is 0 Å². The number of hydrogen-bond donors (Lipinski definition) is 0. The van der Waals surface area contributed by atoms with E-state index in [9.17, 15) is 0 Å². The van der Waals surface area contributed by atoms with Crippen LogP contribution in [-0.2, 0) is 0 Å². The number of benzene rings is 2. The average molecular weight is 292 g/mol. The third-order valence-corrected chi connectivity index (χ3v) is 3.56. The Bertz CT molecular complexity index is 550. The summed E-state index contributed by atoms with van der Waals surface area (Å²) in [5.41, 5.74) is 2.79. The topological polar surface area (TPSA) is 28.0 Å². The molecule has 5 heteroatoms. The van der Waals surface area contributed by atoms with Crippen LogP contribution in [0, 0.1) is 0 Å². The van der Waals surface area contributed by atoms with Crippen molar-refractivity contribution in [3.05, 3.63) is 48.5 Å². The summed E-state index contributed by atoms with van der Waals surface area (Å²) in [6.07, 6.45) is 0. The predicted molar refractivity (Wildman–Crippen MR) is 83.1 cm³/mol. The molecular formula is C14H14ClN3S. The van der Waals surface area contributed by atoms with Crippen molar-refractivity contribution in [1.82, 2.24) is 0 Å². The maximum Gasteiger partial charge on any atom is 0.0858 e. The molecule has 0 amide bonds. The summed E-state index contributed by atoms with van der Waals surface area (Å²) >= 11 is 0. The highest BCUT2D eigenvalue weighted by atomic mass is 35.7. The van der Waals surface area contributed by atoms with Gasteiger partial charge in [-0.3, -0.25) is 0 Å². The summed E-state index contributed by atoms with van der Waals surface area (Å²) in [5, 5.41) is 8.38. The molecule has 0 unspecified atom stereocenters. The van der Waals surface area contributed by atoms with Crippen molar-refractivity contribution in [1.29, 1.82) is 0 Å². The van der Waals surface area contributed by atoms with Crippen molar-refractivity contribution in [2.24, 2.45) is 10.2 Å². The van der Waals surface area contributed by atoms with Crippen LogP contribution < -0.4 is 4.90 Å². The van der Waals surface area contributed by atoms with Crippen molar-refractivity contribution in [2.45, 2.75) is 4.90 Å². The van der Waals surface area contributed by atoms with Gasteiger partial charge >= 0.3 is 0 Å². The zero-order valence-corrected chi connectivity index (χ0v) is 12.3. The fraction of sp³-hybridized carbons (Fsp3) is 0.143. The highest BCUT2D eigenvalue weighted by Gasteiger charge is 1.96. The lowest BCUT2D eigenvalue weighted by atomic mass is 10.3. The molecule has 0 bridgehead atoms. The number of nitrogens with zero attached hydrogens (tertiary/aromatic N) is 3. The molecule has 3 nitrogen and oxygen atoms in total. The van der Waals surface area contributed by atoms with E-state index in [2.05, 4.69) is 10.2 Å². The smallest absolute Gasteiger partial charge is 0.0858 e. The van der Waals surface area contributed by atoms with E-state index in [1.54, 1.807) is 0 Å². The lowest BCUT2D eigenvalue weighted by Gasteiger charge is -2.11. The standard InChI is InChI=1S/C14H14ClN3S/c1-18(2)13-7-3-11(4-8-13)16-17-12-5-9-14(19-15)10-6-12/h3-10H,1-2H3. The molecular weight excluding hydrogens is 278 g/mol. The minimum absolute atomic E-state index is 0.811. The average Bonchev–Trinajstić information content (AvgIpc) is 2.46. The molecule has 19 heavy (non-hydrogen) atoms. The van der Waals surface area contributed by atoms with Gasteiger partial charge in [0.1, 0.15) is 0 Å². The summed E-state index contributed by atoms with van der Waals surface area (Å²) in [5.74, 6) is 0. The number of anilines is 1. The van der Waals surface area contributed by atoms with Crippen LogP contribution in [0.5, 0.6) is 0 Å². The molecule has 0 saturated carbocycles. The van der Waals surface area contributed by atoms with Crippen LogP contribution >= 0.6 is 21.7 Å². The first-order valence-corrected chi connectivity index (χ1v) is 7.41. The van der Waals surface area contributed by atoms with Crippen LogP contribution in [0.2, 0.25) is 0 Å². The van der Waals surface area contributed by atoms with E-state index in [0.29, 0.717) is 0 Å². The third-order valence-electron chi connectivity index (χ3n) is 2.57. The van der Waals surface area contributed by atoms with Gasteiger partial charge in [-0.05, 0) is 70.2 Å². The molecule has 0 aliphatic heterocycles. The molecule has 0 heterocycles. The van der Waals surface area contributed by atoms with E-state index in [4.69, 9.17) is 10.7 Å². The summed E-state index contributed by atoms with van der Waals surface area (Å²) < 4.78 is 0. The first-order chi connectivity index (χ1) is 9.19. The lowest BCUT2D eigenvalue weighted by molar-refractivity contribution is 1.13. The molecule has 0 radical (unpaired) electrons. The normalized spacial score (nSPS) is 10.9. The summed E-state index contributed by atoms with van der Waals surface area (Å²) in [7, 11) is 10.9. The quantitative estimate of drug-likeness (QED) is 0.704. The van der Waals surface area contributed by atoms with Gasteiger partial charge in [0.15, 0.2) is 0 Å². The largest absolute Gasteiger partial charge is 0.378 e. The molecule has 2 aromatic carbocycles. The van der Waals surface area contributed by atoms with Crippen LogP contribution in [-0.4, -0.2) is 14.1 Å². The third kappa shape index (κ3) is 3.98. The molecule has 0 aromatic heterocycles. The minimum atomic E-state index is 0.811. The maximum atomic E-state index is 5.65. The van der Waals surface area contributed by atoms with Gasteiger partial charge in [0.2, 0.25) is 0 Å². The summed E-state index contributed by atoms with van der Waals surface area (Å²) in [4.78, 5) is 3.04. The van der Waals surface area contributed by atoms with E-state index in [1.807, 2.05) is 67.5 Å². The Hall–Kier alpha value is -1.52. The molecule has 2 aromatic rings. The van der Waals surface area contributed by atoms with Crippen molar-refractivity contribution < 1.29 is 0 Å². The van der Waals surface area contributed by atoms with E-state index < -0.39 is 0 Å². The molecule has 98 valence electrons. The van der Waals surface area contributed by atoms with Gasteiger partial charge in [-0.1, -0.05) is 0 Å². The van der Waals surface area contributed by atoms with Gasteiger partial charge in [-0.15, -0.1) is 0 Å². The second-order valence-electron chi connectivity index (χ2n) is 4.18. The van der Waals surface area contributed by atoms with Crippen molar-refractivity contribution in [2.75, 3.05) is 19.0 Å². The van der Waals surface area contributed by atoms with Gasteiger partial charge in [0, 0.05) is 24.7 Å². The summed E-state index contributed by atoms with van der Waals surface area (Å²) in [6, 6.07) is 15.5. The van der Waals surface area contributed by atoms with Crippen LogP contribution in [0.4, 0.5) is 17.1 Å². The Morgan fingerprint density at radius 3 is 1.74 bits per heavy atom. The molecule has 0 aliphatic rings. The molecule has 0 spiro atoms. The van der Waals surface area contributed by atoms with Gasteiger partial charge in [-0.2, -0.15) is 10.2 Å². The molecule has 0 atom stereocenters. The van der Waals surface area contributed by atoms with Crippen LogP contribution in [0.25, 0.3) is 0 Å². The Morgan fingerprint density at radius 1 is 0.842 bits per heavy atom. The Kier molecular flexibility index (Phi) is 4.82. The second-order valence-corrected chi connectivity index (χ2v) is 5.27. The Labute approximate surface area is 121 Å². The van der Waals surface area contributed by atoms with E-state index >= 15 is 0 Å². The Morgan fingerprint density at radius 2 is 1.32 bits per heavy atom. The SMILES string of the molecule is CN(C)c1ccc(N=Nc2ccc(SCl)cc2)cc1. The van der Waals surface area contributed by atoms with E-state index in [0.717, 1.165) is 22.0 Å². The number of rotatable bonds is 4. The van der Waals surface area contributed by atoms with E-state index in [1.165, 1.54) is 11.0 Å². The molecule has 2 rings (SSSR count). The second kappa shape index (κ2) is 6.59.